The summed E-state index contributed by atoms with van der Waals surface area (Å²) in [5.74, 6) is 5.13. The molecule has 0 radical (unpaired) electrons. The summed E-state index contributed by atoms with van der Waals surface area (Å²) in [4.78, 5) is 8.38. The molecule has 0 spiro atoms. The second-order valence-corrected chi connectivity index (χ2v) is 3.80. The normalized spacial score (nSPS) is 10.7. The van der Waals surface area contributed by atoms with Gasteiger partial charge in [-0.2, -0.15) is 4.98 Å². The summed E-state index contributed by atoms with van der Waals surface area (Å²) in [5, 5.41) is 3.72. The molecule has 0 saturated carbocycles. The molecule has 0 unspecified atom stereocenters. The van der Waals surface area contributed by atoms with Gasteiger partial charge in [0.25, 0.3) is 5.89 Å². The van der Waals surface area contributed by atoms with Crippen molar-refractivity contribution in [3.05, 3.63) is 34.4 Å². The van der Waals surface area contributed by atoms with E-state index in [-0.39, 0.29) is 18.3 Å². The predicted octanol–water partition coefficient (Wildman–Crippen LogP) is 2.03. The van der Waals surface area contributed by atoms with Gasteiger partial charge in [-0.25, -0.2) is 10.3 Å². The van der Waals surface area contributed by atoms with Gasteiger partial charge in [-0.1, -0.05) is 5.16 Å². The number of nitrogens with zero attached hydrogens (tertiary/aromatic N) is 2. The largest absolute Gasteiger partial charge is 0.336 e. The van der Waals surface area contributed by atoms with Crippen LogP contribution in [0.25, 0.3) is 11.4 Å². The molecule has 0 aliphatic carbocycles. The van der Waals surface area contributed by atoms with E-state index in [2.05, 4.69) is 30.9 Å². The summed E-state index contributed by atoms with van der Waals surface area (Å²) in [6.07, 6.45) is 0. The number of rotatable bonds is 3. The molecule has 0 bridgehead atoms. The van der Waals surface area contributed by atoms with Crippen LogP contribution >= 0.6 is 15.9 Å². The van der Waals surface area contributed by atoms with Gasteiger partial charge < -0.3 is 4.52 Å². The van der Waals surface area contributed by atoms with Gasteiger partial charge in [0.15, 0.2) is 0 Å². The van der Waals surface area contributed by atoms with Crippen LogP contribution in [0.1, 0.15) is 5.89 Å². The van der Waals surface area contributed by atoms with Crippen molar-refractivity contribution in [3.63, 3.8) is 0 Å². The Balaban J connectivity index is 2.35. The van der Waals surface area contributed by atoms with E-state index in [1.165, 1.54) is 12.1 Å². The molecule has 1 heterocycles. The van der Waals surface area contributed by atoms with Crippen molar-refractivity contribution in [2.24, 2.45) is 5.90 Å². The van der Waals surface area contributed by atoms with Gasteiger partial charge >= 0.3 is 0 Å². The Morgan fingerprint density at radius 2 is 2.31 bits per heavy atom. The van der Waals surface area contributed by atoms with E-state index in [0.29, 0.717) is 15.9 Å². The molecule has 2 N–H and O–H groups in total. The summed E-state index contributed by atoms with van der Waals surface area (Å²) in [6.45, 7) is 0.0335. The zero-order chi connectivity index (χ0) is 11.5. The van der Waals surface area contributed by atoms with E-state index in [1.54, 1.807) is 6.07 Å². The van der Waals surface area contributed by atoms with Crippen LogP contribution in [0.4, 0.5) is 4.39 Å². The smallest absolute Gasteiger partial charge is 0.255 e. The second kappa shape index (κ2) is 4.69. The zero-order valence-electron chi connectivity index (χ0n) is 7.98. The number of benzene rings is 1. The molecular formula is C9H7BrFN3O2. The summed E-state index contributed by atoms with van der Waals surface area (Å²) < 4.78 is 18.3. The molecule has 2 rings (SSSR count). The predicted molar refractivity (Wildman–Crippen MR) is 56.4 cm³/mol. The lowest BCUT2D eigenvalue weighted by atomic mass is 10.2. The number of hydrogen-bond donors (Lipinski definition) is 1. The molecule has 84 valence electrons. The maximum atomic E-state index is 12.9. The van der Waals surface area contributed by atoms with Gasteiger partial charge in [-0.05, 0) is 34.1 Å². The lowest BCUT2D eigenvalue weighted by molar-refractivity contribution is 0.0996. The molecule has 5 nitrogen and oxygen atoms in total. The summed E-state index contributed by atoms with van der Waals surface area (Å²) >= 11 is 3.21. The Morgan fingerprint density at radius 3 is 3.00 bits per heavy atom. The van der Waals surface area contributed by atoms with Crippen molar-refractivity contribution in [1.29, 1.82) is 0 Å². The van der Waals surface area contributed by atoms with E-state index < -0.39 is 0 Å². The molecule has 0 aliphatic heterocycles. The lowest BCUT2D eigenvalue weighted by Crippen LogP contribution is -1.98. The Bertz CT molecular complexity index is 503. The molecule has 0 amide bonds. The van der Waals surface area contributed by atoms with E-state index >= 15 is 0 Å². The van der Waals surface area contributed by atoms with Crippen LogP contribution in [0.2, 0.25) is 0 Å². The maximum Gasteiger partial charge on any atom is 0.255 e. The van der Waals surface area contributed by atoms with Crippen molar-refractivity contribution >= 4 is 15.9 Å². The first kappa shape index (κ1) is 11.2. The molecule has 16 heavy (non-hydrogen) atoms. The van der Waals surface area contributed by atoms with E-state index in [0.717, 1.165) is 0 Å². The molecule has 2 aromatic rings. The Labute approximate surface area is 98.5 Å². The van der Waals surface area contributed by atoms with Crippen molar-refractivity contribution in [2.75, 3.05) is 0 Å². The van der Waals surface area contributed by atoms with E-state index in [1.807, 2.05) is 0 Å². The number of aromatic nitrogens is 2. The summed E-state index contributed by atoms with van der Waals surface area (Å²) in [6, 6.07) is 4.19. The first-order valence-electron chi connectivity index (χ1n) is 4.30. The van der Waals surface area contributed by atoms with Crippen LogP contribution in [0, 0.1) is 5.82 Å². The fourth-order valence-corrected chi connectivity index (χ4v) is 1.69. The third-order valence-electron chi connectivity index (χ3n) is 1.85. The molecule has 0 aliphatic rings. The molecule has 7 heteroatoms. The van der Waals surface area contributed by atoms with Gasteiger partial charge in [0.2, 0.25) is 5.82 Å². The van der Waals surface area contributed by atoms with Crippen LogP contribution < -0.4 is 5.90 Å². The third-order valence-corrected chi connectivity index (χ3v) is 2.50. The first-order valence-corrected chi connectivity index (χ1v) is 5.09. The molecule has 0 atom stereocenters. The van der Waals surface area contributed by atoms with Gasteiger partial charge in [-0.15, -0.1) is 0 Å². The topological polar surface area (TPSA) is 74.2 Å². The monoisotopic (exact) mass is 287 g/mol. The molecule has 0 fully saturated rings. The average molecular weight is 288 g/mol. The molecule has 0 saturated heterocycles. The van der Waals surface area contributed by atoms with Gasteiger partial charge in [0.1, 0.15) is 12.4 Å². The fourth-order valence-electron chi connectivity index (χ4n) is 1.16. The van der Waals surface area contributed by atoms with Crippen molar-refractivity contribution in [3.8, 4) is 11.4 Å². The maximum absolute atomic E-state index is 12.9. The summed E-state index contributed by atoms with van der Waals surface area (Å²) in [5.41, 5.74) is 0.633. The van der Waals surface area contributed by atoms with Crippen molar-refractivity contribution in [2.45, 2.75) is 6.61 Å². The van der Waals surface area contributed by atoms with E-state index in [4.69, 9.17) is 10.4 Å². The zero-order valence-corrected chi connectivity index (χ0v) is 9.57. The van der Waals surface area contributed by atoms with E-state index in [9.17, 15) is 4.39 Å². The van der Waals surface area contributed by atoms with Gasteiger partial charge in [0, 0.05) is 10.0 Å². The van der Waals surface area contributed by atoms with Crippen LogP contribution in [-0.2, 0) is 11.4 Å². The van der Waals surface area contributed by atoms with Gasteiger partial charge in [0.05, 0.1) is 0 Å². The minimum absolute atomic E-state index is 0.0335. The molecule has 1 aromatic heterocycles. The highest BCUT2D eigenvalue weighted by molar-refractivity contribution is 9.10. The Kier molecular flexibility index (Phi) is 3.28. The third kappa shape index (κ3) is 2.26. The van der Waals surface area contributed by atoms with Crippen LogP contribution in [-0.4, -0.2) is 10.1 Å². The summed E-state index contributed by atoms with van der Waals surface area (Å²) in [7, 11) is 0. The Hall–Kier alpha value is -1.31. The van der Waals surface area contributed by atoms with Gasteiger partial charge in [-0.3, -0.25) is 4.84 Å². The second-order valence-electron chi connectivity index (χ2n) is 2.95. The average Bonchev–Trinajstić information content (AvgIpc) is 2.67. The lowest BCUT2D eigenvalue weighted by Gasteiger charge is -1.97. The quantitative estimate of drug-likeness (QED) is 0.875. The molecular weight excluding hydrogens is 281 g/mol. The standard InChI is InChI=1S/C9H7BrFN3O2/c10-7-3-5(11)1-2-6(7)9-13-8(4-15-12)16-14-9/h1-3H,4,12H2. The highest BCUT2D eigenvalue weighted by Gasteiger charge is 2.11. The van der Waals surface area contributed by atoms with Crippen LogP contribution in [0.15, 0.2) is 27.2 Å². The SMILES string of the molecule is NOCc1nc(-c2ccc(F)cc2Br)no1. The van der Waals surface area contributed by atoms with Crippen molar-refractivity contribution < 1.29 is 13.8 Å². The van der Waals surface area contributed by atoms with Crippen LogP contribution in [0.5, 0.6) is 0 Å². The highest BCUT2D eigenvalue weighted by atomic mass is 79.9. The minimum Gasteiger partial charge on any atom is -0.336 e. The first-order chi connectivity index (χ1) is 7.70. The van der Waals surface area contributed by atoms with Crippen molar-refractivity contribution in [1.82, 2.24) is 10.1 Å². The van der Waals surface area contributed by atoms with Crippen LogP contribution in [0.3, 0.4) is 0 Å². The minimum atomic E-state index is -0.343. The number of nitrogens with two attached hydrogens (primary N) is 1. The fraction of sp³-hybridized carbons (Fsp3) is 0.111. The Morgan fingerprint density at radius 1 is 1.50 bits per heavy atom. The highest BCUT2D eigenvalue weighted by Crippen LogP contribution is 2.26. The molecule has 1 aromatic carbocycles. The number of halogens is 2. The number of hydrogen-bond acceptors (Lipinski definition) is 5.